The number of carbonyl (C=O) groups is 2. The molecule has 3 aliphatic heterocycles. The number of methoxy groups -OCH3 is 1. The Labute approximate surface area is 222 Å². The number of hydrogen-bond donors (Lipinski definition) is 2. The van der Waals surface area contributed by atoms with E-state index in [0.717, 1.165) is 49.2 Å². The van der Waals surface area contributed by atoms with Crippen molar-refractivity contribution in [2.75, 3.05) is 26.7 Å². The van der Waals surface area contributed by atoms with Crippen molar-refractivity contribution in [1.82, 2.24) is 10.2 Å². The van der Waals surface area contributed by atoms with Crippen LogP contribution >= 0.6 is 0 Å². The number of carboxylic acid groups (broad SMARTS) is 1. The third kappa shape index (κ3) is 5.92. The Morgan fingerprint density at radius 1 is 1.00 bits per heavy atom. The van der Waals surface area contributed by atoms with E-state index in [-0.39, 0.29) is 24.0 Å². The number of amides is 1. The van der Waals surface area contributed by atoms with Crippen LogP contribution in [0, 0.1) is 5.92 Å². The molecule has 2 atom stereocenters. The van der Waals surface area contributed by atoms with Crippen LogP contribution in [-0.4, -0.2) is 54.9 Å². The maximum absolute atomic E-state index is 13.0. The third-order valence-corrected chi connectivity index (χ3v) is 7.34. The van der Waals surface area contributed by atoms with Gasteiger partial charge in [0.2, 0.25) is 0 Å². The number of hydrogen-bond acceptors (Lipinski definition) is 6. The number of aromatic carboxylic acids is 1. The van der Waals surface area contributed by atoms with Gasteiger partial charge < -0.3 is 24.6 Å². The Kier molecular flexibility index (Phi) is 7.79. The molecule has 0 saturated carbocycles. The first-order valence-corrected chi connectivity index (χ1v) is 12.9. The average Bonchev–Trinajstić information content (AvgIpc) is 2.96. The molecule has 8 heteroatoms. The molecule has 6 rings (SSSR count). The standard InChI is InChI=1S/C30H32N2O6/c1-36-26-16-20(10-11-25(26)29(33)34)19-37-24-9-5-8-23(17-24)28(22-6-3-2-4-7-22)31-30(35)38-27-18-32-14-12-21(27)13-15-32/h2-11,16-17,21,27-28H,12-15,18-19H2,1H3,(H,31,35)(H,33,34)/t27?,28-/m0/s1. The molecular formula is C30H32N2O6. The lowest BCUT2D eigenvalue weighted by molar-refractivity contribution is -0.0336. The Balaban J connectivity index is 1.30. The van der Waals surface area contributed by atoms with E-state index in [9.17, 15) is 14.7 Å². The van der Waals surface area contributed by atoms with E-state index < -0.39 is 18.1 Å². The molecule has 2 N–H and O–H groups in total. The Morgan fingerprint density at radius 3 is 2.45 bits per heavy atom. The van der Waals surface area contributed by atoms with Crippen molar-refractivity contribution in [3.63, 3.8) is 0 Å². The van der Waals surface area contributed by atoms with Crippen molar-refractivity contribution in [3.8, 4) is 11.5 Å². The van der Waals surface area contributed by atoms with E-state index in [1.165, 1.54) is 13.2 Å². The molecule has 3 heterocycles. The fourth-order valence-corrected chi connectivity index (χ4v) is 5.29. The molecular weight excluding hydrogens is 484 g/mol. The van der Waals surface area contributed by atoms with Crippen LogP contribution < -0.4 is 14.8 Å². The average molecular weight is 517 g/mol. The summed E-state index contributed by atoms with van der Waals surface area (Å²) in [4.78, 5) is 26.8. The lowest BCUT2D eigenvalue weighted by Gasteiger charge is -2.43. The van der Waals surface area contributed by atoms with Gasteiger partial charge in [-0.15, -0.1) is 0 Å². The maximum Gasteiger partial charge on any atom is 0.408 e. The summed E-state index contributed by atoms with van der Waals surface area (Å²) in [6, 6.07) is 21.8. The Hall–Kier alpha value is -4.04. The van der Waals surface area contributed by atoms with Gasteiger partial charge in [-0.05, 0) is 72.8 Å². The number of alkyl carbamates (subject to hydrolysis) is 1. The van der Waals surface area contributed by atoms with Crippen LogP contribution in [0.25, 0.3) is 0 Å². The number of carbonyl (C=O) groups excluding carboxylic acids is 1. The van der Waals surface area contributed by atoms with Gasteiger partial charge in [-0.1, -0.05) is 48.5 Å². The van der Waals surface area contributed by atoms with Crippen molar-refractivity contribution >= 4 is 12.1 Å². The zero-order valence-electron chi connectivity index (χ0n) is 21.3. The summed E-state index contributed by atoms with van der Waals surface area (Å²) < 4.78 is 17.1. The Morgan fingerprint density at radius 2 is 1.76 bits per heavy atom. The predicted octanol–water partition coefficient (Wildman–Crippen LogP) is 4.88. The zero-order chi connectivity index (χ0) is 26.5. The van der Waals surface area contributed by atoms with E-state index in [1.54, 1.807) is 12.1 Å². The molecule has 198 valence electrons. The van der Waals surface area contributed by atoms with Gasteiger partial charge in [-0.25, -0.2) is 9.59 Å². The van der Waals surface area contributed by atoms with E-state index in [4.69, 9.17) is 14.2 Å². The number of benzene rings is 3. The summed E-state index contributed by atoms with van der Waals surface area (Å²) in [5.41, 5.74) is 2.67. The molecule has 3 aromatic rings. The highest BCUT2D eigenvalue weighted by atomic mass is 16.6. The smallest absolute Gasteiger partial charge is 0.408 e. The molecule has 0 radical (unpaired) electrons. The summed E-state index contributed by atoms with van der Waals surface area (Å²) in [5.74, 6) is 0.286. The van der Waals surface area contributed by atoms with Crippen molar-refractivity contribution in [3.05, 3.63) is 95.1 Å². The highest BCUT2D eigenvalue weighted by Gasteiger charge is 2.36. The monoisotopic (exact) mass is 516 g/mol. The molecule has 1 unspecified atom stereocenters. The number of ether oxygens (including phenoxy) is 3. The quantitative estimate of drug-likeness (QED) is 0.418. The Bertz CT molecular complexity index is 1270. The van der Waals surface area contributed by atoms with Crippen LogP contribution in [0.2, 0.25) is 0 Å². The molecule has 3 saturated heterocycles. The maximum atomic E-state index is 13.0. The van der Waals surface area contributed by atoms with Crippen LogP contribution in [-0.2, 0) is 11.3 Å². The molecule has 0 aromatic heterocycles. The SMILES string of the molecule is COc1cc(COc2cccc([C@@H](NC(=O)OC3CN4CCC3CC4)c3ccccc3)c2)ccc1C(=O)O. The fraction of sp³-hybridized carbons (Fsp3) is 0.333. The first kappa shape index (κ1) is 25.6. The lowest BCUT2D eigenvalue weighted by Crippen LogP contribution is -2.52. The van der Waals surface area contributed by atoms with Gasteiger partial charge in [0.25, 0.3) is 0 Å². The second-order valence-corrected chi connectivity index (χ2v) is 9.77. The molecule has 3 fully saturated rings. The number of piperidine rings is 3. The minimum absolute atomic E-state index is 0.0758. The number of carboxylic acids is 1. The highest BCUT2D eigenvalue weighted by Crippen LogP contribution is 2.31. The van der Waals surface area contributed by atoms with Crippen molar-refractivity contribution in [2.24, 2.45) is 5.92 Å². The number of fused-ring (bicyclic) bond motifs is 3. The molecule has 1 amide bonds. The normalized spacial score (nSPS) is 20.8. The minimum atomic E-state index is -1.05. The van der Waals surface area contributed by atoms with Crippen LogP contribution in [0.5, 0.6) is 11.5 Å². The van der Waals surface area contributed by atoms with Crippen molar-refractivity contribution in [1.29, 1.82) is 0 Å². The summed E-state index contributed by atoms with van der Waals surface area (Å²) in [7, 11) is 1.44. The van der Waals surface area contributed by atoms with Gasteiger partial charge >= 0.3 is 12.1 Å². The largest absolute Gasteiger partial charge is 0.496 e. The minimum Gasteiger partial charge on any atom is -0.496 e. The van der Waals surface area contributed by atoms with E-state index >= 15 is 0 Å². The van der Waals surface area contributed by atoms with E-state index in [1.807, 2.05) is 54.6 Å². The van der Waals surface area contributed by atoms with Crippen molar-refractivity contribution < 1.29 is 28.9 Å². The molecule has 0 aliphatic carbocycles. The highest BCUT2D eigenvalue weighted by molar-refractivity contribution is 5.91. The number of nitrogens with one attached hydrogen (secondary N) is 1. The van der Waals surface area contributed by atoms with Crippen LogP contribution in [0.15, 0.2) is 72.8 Å². The first-order chi connectivity index (χ1) is 18.5. The zero-order valence-corrected chi connectivity index (χ0v) is 21.3. The van der Waals surface area contributed by atoms with Gasteiger partial charge in [0, 0.05) is 6.54 Å². The third-order valence-electron chi connectivity index (χ3n) is 7.34. The van der Waals surface area contributed by atoms with Gasteiger partial charge in [0.15, 0.2) is 0 Å². The van der Waals surface area contributed by atoms with Crippen molar-refractivity contribution in [2.45, 2.75) is 31.6 Å². The molecule has 38 heavy (non-hydrogen) atoms. The van der Waals surface area contributed by atoms with E-state index in [0.29, 0.717) is 11.7 Å². The second-order valence-electron chi connectivity index (χ2n) is 9.77. The lowest BCUT2D eigenvalue weighted by atomic mass is 9.86. The molecule has 3 aromatic carbocycles. The number of rotatable bonds is 9. The van der Waals surface area contributed by atoms with Gasteiger partial charge in [-0.3, -0.25) is 4.90 Å². The molecule has 0 spiro atoms. The van der Waals surface area contributed by atoms with Gasteiger partial charge in [0.1, 0.15) is 29.8 Å². The molecule has 8 nitrogen and oxygen atoms in total. The number of nitrogens with zero attached hydrogens (tertiary/aromatic N) is 1. The van der Waals surface area contributed by atoms with Crippen LogP contribution in [0.3, 0.4) is 0 Å². The fourth-order valence-electron chi connectivity index (χ4n) is 5.29. The van der Waals surface area contributed by atoms with Crippen LogP contribution in [0.4, 0.5) is 4.79 Å². The summed E-state index contributed by atoms with van der Waals surface area (Å²) in [6.07, 6.45) is 1.65. The molecule has 3 aliphatic rings. The topological polar surface area (TPSA) is 97.3 Å². The summed E-state index contributed by atoms with van der Waals surface area (Å²) in [5, 5.41) is 12.4. The predicted molar refractivity (Wildman–Crippen MR) is 142 cm³/mol. The van der Waals surface area contributed by atoms with Gasteiger partial charge in [0.05, 0.1) is 13.2 Å². The summed E-state index contributed by atoms with van der Waals surface area (Å²) >= 11 is 0. The summed E-state index contributed by atoms with van der Waals surface area (Å²) in [6.45, 7) is 3.20. The molecule has 2 bridgehead atoms. The van der Waals surface area contributed by atoms with E-state index in [2.05, 4.69) is 10.2 Å². The first-order valence-electron chi connectivity index (χ1n) is 12.9. The second kappa shape index (κ2) is 11.6. The van der Waals surface area contributed by atoms with Crippen LogP contribution in [0.1, 0.15) is 45.9 Å². The van der Waals surface area contributed by atoms with Gasteiger partial charge in [-0.2, -0.15) is 0 Å².